The van der Waals surface area contributed by atoms with E-state index in [1.54, 1.807) is 6.92 Å². The van der Waals surface area contributed by atoms with E-state index >= 15 is 0 Å². The summed E-state index contributed by atoms with van der Waals surface area (Å²) in [5.41, 5.74) is 0.122. The third-order valence-electron chi connectivity index (χ3n) is 2.87. The highest BCUT2D eigenvalue weighted by Gasteiger charge is 2.15. The van der Waals surface area contributed by atoms with E-state index in [1.807, 2.05) is 0 Å². The molecular weight excluding hydrogens is 278 g/mol. The van der Waals surface area contributed by atoms with Crippen LogP contribution in [0.1, 0.15) is 17.3 Å². The Hall–Kier alpha value is -2.90. The number of carbonyl (C=O) groups is 2. The second-order valence-electron chi connectivity index (χ2n) is 4.17. The molecule has 110 valence electrons. The van der Waals surface area contributed by atoms with E-state index in [4.69, 9.17) is 0 Å². The summed E-state index contributed by atoms with van der Waals surface area (Å²) in [6.07, 6.45) is -0.952. The third-order valence-corrected chi connectivity index (χ3v) is 2.87. The maximum Gasteiger partial charge on any atom is 0.452 e. The molecule has 0 spiro atoms. The zero-order valence-electron chi connectivity index (χ0n) is 11.4. The number of hydrogen-bond acceptors (Lipinski definition) is 5. The van der Waals surface area contributed by atoms with Crippen molar-refractivity contribution in [2.24, 2.45) is 17.3 Å². The summed E-state index contributed by atoms with van der Waals surface area (Å²) in [7, 11) is 1.48. The van der Waals surface area contributed by atoms with Gasteiger partial charge in [-0.2, -0.15) is 0 Å². The number of nitrogens with zero attached hydrogens (tertiary/aromatic N) is 3. The number of amides is 2. The molecule has 1 aromatic heterocycles. The number of rotatable bonds is 2. The number of ether oxygens (including phenoxy) is 1. The van der Waals surface area contributed by atoms with Crippen molar-refractivity contribution in [3.63, 3.8) is 0 Å². The highest BCUT2D eigenvalue weighted by Crippen LogP contribution is 2.35. The molecule has 0 fully saturated rings. The minimum atomic E-state index is -0.952. The van der Waals surface area contributed by atoms with Gasteiger partial charge in [0, 0.05) is 23.4 Å². The predicted molar refractivity (Wildman–Crippen MR) is 72.5 cm³/mol. The molecule has 0 unspecified atom stereocenters. The Bertz CT molecular complexity index is 748. The van der Waals surface area contributed by atoms with E-state index in [2.05, 4.69) is 15.0 Å². The van der Waals surface area contributed by atoms with Crippen LogP contribution in [0.3, 0.4) is 0 Å². The molecule has 21 heavy (non-hydrogen) atoms. The molecule has 8 nitrogen and oxygen atoms in total. The van der Waals surface area contributed by atoms with Crippen molar-refractivity contribution >= 4 is 22.8 Å². The fourth-order valence-corrected chi connectivity index (χ4v) is 1.82. The fourth-order valence-electron chi connectivity index (χ4n) is 1.82. The molecule has 0 radical (unpaired) electrons. The van der Waals surface area contributed by atoms with Crippen molar-refractivity contribution in [3.8, 4) is 11.8 Å². The van der Waals surface area contributed by atoms with Gasteiger partial charge in [0.2, 0.25) is 11.8 Å². The van der Waals surface area contributed by atoms with E-state index in [0.29, 0.717) is 10.8 Å². The van der Waals surface area contributed by atoms with Crippen molar-refractivity contribution < 1.29 is 24.5 Å². The number of benzene rings is 1. The number of hydrogen-bond donors (Lipinski definition) is 2. The molecule has 0 saturated carbocycles. The third kappa shape index (κ3) is 2.69. The summed E-state index contributed by atoms with van der Waals surface area (Å²) in [4.78, 5) is 22.8. The maximum absolute atomic E-state index is 11.8. The largest absolute Gasteiger partial charge is 0.494 e. The zero-order chi connectivity index (χ0) is 15.6. The van der Waals surface area contributed by atoms with Crippen molar-refractivity contribution in [1.82, 2.24) is 4.57 Å². The molecule has 0 aliphatic rings. The summed E-state index contributed by atoms with van der Waals surface area (Å²) < 4.78 is 5.69. The van der Waals surface area contributed by atoms with Gasteiger partial charge in [0.15, 0.2) is 0 Å². The molecule has 8 heteroatoms. The molecule has 0 bridgehead atoms. The fraction of sp³-hybridized carbons (Fsp3) is 0.231. The molecule has 2 rings (SSSR count). The smallest absolute Gasteiger partial charge is 0.452 e. The lowest BCUT2D eigenvalue weighted by atomic mass is 10.1. The van der Waals surface area contributed by atoms with Crippen LogP contribution in [0.15, 0.2) is 28.4 Å². The number of aromatic hydroxyl groups is 2. The lowest BCUT2D eigenvalue weighted by Gasteiger charge is -1.96. The number of aromatic nitrogens is 1. The van der Waals surface area contributed by atoms with Crippen LogP contribution >= 0.6 is 0 Å². The van der Waals surface area contributed by atoms with Gasteiger partial charge in [-0.1, -0.05) is 10.2 Å². The molecule has 0 saturated heterocycles. The van der Waals surface area contributed by atoms with Gasteiger partial charge in [-0.3, -0.25) is 9.36 Å². The average Bonchev–Trinajstić information content (AvgIpc) is 2.69. The van der Waals surface area contributed by atoms with Crippen LogP contribution in [-0.4, -0.2) is 33.4 Å². The number of fused-ring (bicyclic) bond motifs is 1. The SMILES string of the molecule is CCOC(=O)N=NC(=O)c1ccc2c(O)n(C)c(O)c2c1. The number of carbonyl (C=O) groups excluding carboxylic acids is 2. The Morgan fingerprint density at radius 3 is 2.52 bits per heavy atom. The quantitative estimate of drug-likeness (QED) is 0.824. The van der Waals surface area contributed by atoms with Gasteiger partial charge in [-0.25, -0.2) is 4.79 Å². The summed E-state index contributed by atoms with van der Waals surface area (Å²) >= 11 is 0. The first kappa shape index (κ1) is 14.5. The molecule has 0 aliphatic heterocycles. The van der Waals surface area contributed by atoms with Crippen LogP contribution in [0.5, 0.6) is 11.8 Å². The molecule has 2 aromatic rings. The molecule has 2 amide bonds. The summed E-state index contributed by atoms with van der Waals surface area (Å²) in [6, 6.07) is 4.24. The van der Waals surface area contributed by atoms with E-state index in [9.17, 15) is 19.8 Å². The highest BCUT2D eigenvalue weighted by atomic mass is 16.5. The zero-order valence-corrected chi connectivity index (χ0v) is 11.4. The second-order valence-corrected chi connectivity index (χ2v) is 4.17. The topological polar surface area (TPSA) is 113 Å². The Labute approximate surface area is 119 Å². The molecular formula is C13H13N3O5. The van der Waals surface area contributed by atoms with Crippen molar-refractivity contribution in [2.75, 3.05) is 6.61 Å². The summed E-state index contributed by atoms with van der Waals surface area (Å²) in [5, 5.41) is 26.6. The predicted octanol–water partition coefficient (Wildman–Crippen LogP) is 2.34. The number of azo groups is 1. The molecule has 2 N–H and O–H groups in total. The molecule has 1 aromatic carbocycles. The monoisotopic (exact) mass is 291 g/mol. The van der Waals surface area contributed by atoms with E-state index in [1.165, 1.54) is 29.8 Å². The first-order valence-electron chi connectivity index (χ1n) is 6.09. The Kier molecular flexibility index (Phi) is 3.88. The maximum atomic E-state index is 11.8. The minimum absolute atomic E-state index is 0.116. The van der Waals surface area contributed by atoms with Crippen molar-refractivity contribution in [1.29, 1.82) is 0 Å². The second kappa shape index (κ2) is 5.61. The van der Waals surface area contributed by atoms with Crippen LogP contribution in [0.4, 0.5) is 4.79 Å². The summed E-state index contributed by atoms with van der Waals surface area (Å²) in [6.45, 7) is 1.74. The van der Waals surface area contributed by atoms with Crippen molar-refractivity contribution in [3.05, 3.63) is 23.8 Å². The van der Waals surface area contributed by atoms with Gasteiger partial charge in [0.1, 0.15) is 0 Å². The lowest BCUT2D eigenvalue weighted by molar-refractivity contribution is 0.0988. The van der Waals surface area contributed by atoms with Crippen molar-refractivity contribution in [2.45, 2.75) is 6.92 Å². The van der Waals surface area contributed by atoms with Gasteiger partial charge < -0.3 is 14.9 Å². The van der Waals surface area contributed by atoms with E-state index in [0.717, 1.165) is 0 Å². The van der Waals surface area contributed by atoms with Gasteiger partial charge in [0.25, 0.3) is 5.91 Å². The highest BCUT2D eigenvalue weighted by molar-refractivity contribution is 6.02. The Morgan fingerprint density at radius 1 is 1.19 bits per heavy atom. The molecule has 1 heterocycles. The summed E-state index contributed by atoms with van der Waals surface area (Å²) in [5.74, 6) is -1.05. The lowest BCUT2D eigenvalue weighted by Crippen LogP contribution is -1.99. The normalized spacial score (nSPS) is 11.1. The standard InChI is InChI=1S/C13H13N3O5/c1-3-21-13(20)15-14-10(17)7-4-5-8-9(6-7)12(19)16(2)11(8)18/h4-6,18-19H,3H2,1-2H3. The first-order chi connectivity index (χ1) is 9.95. The van der Waals surface area contributed by atoms with Gasteiger partial charge in [0.05, 0.1) is 6.61 Å². The first-order valence-corrected chi connectivity index (χ1v) is 6.09. The average molecular weight is 291 g/mol. The van der Waals surface area contributed by atoms with Crippen LogP contribution in [0, 0.1) is 0 Å². The van der Waals surface area contributed by atoms with E-state index in [-0.39, 0.29) is 23.9 Å². The van der Waals surface area contributed by atoms with Crippen LogP contribution in [-0.2, 0) is 11.8 Å². The van der Waals surface area contributed by atoms with Crippen LogP contribution in [0.2, 0.25) is 0 Å². The Balaban J connectivity index is 2.33. The van der Waals surface area contributed by atoms with Gasteiger partial charge in [-0.15, -0.1) is 0 Å². The minimum Gasteiger partial charge on any atom is -0.494 e. The van der Waals surface area contributed by atoms with Gasteiger partial charge >= 0.3 is 6.09 Å². The molecule has 0 aliphatic carbocycles. The van der Waals surface area contributed by atoms with Crippen LogP contribution < -0.4 is 0 Å². The molecule has 0 atom stereocenters. The van der Waals surface area contributed by atoms with Crippen LogP contribution in [0.25, 0.3) is 10.8 Å². The van der Waals surface area contributed by atoms with E-state index < -0.39 is 12.0 Å². The van der Waals surface area contributed by atoms with Gasteiger partial charge in [-0.05, 0) is 25.1 Å². The Morgan fingerprint density at radius 2 is 1.86 bits per heavy atom.